The summed E-state index contributed by atoms with van der Waals surface area (Å²) >= 11 is 11.5. The second-order valence-electron chi connectivity index (χ2n) is 5.73. The number of methoxy groups -OCH3 is 1. The van der Waals surface area contributed by atoms with Crippen LogP contribution >= 0.6 is 23.8 Å². The molecule has 29 heavy (non-hydrogen) atoms. The van der Waals surface area contributed by atoms with Crippen molar-refractivity contribution in [2.75, 3.05) is 36.2 Å². The van der Waals surface area contributed by atoms with Crippen LogP contribution in [0.1, 0.15) is 6.92 Å². The Morgan fingerprint density at radius 1 is 1.14 bits per heavy atom. The van der Waals surface area contributed by atoms with Crippen LogP contribution in [0.4, 0.5) is 17.1 Å². The Balaban J connectivity index is 2.04. The van der Waals surface area contributed by atoms with Gasteiger partial charge in [0.1, 0.15) is 11.5 Å². The number of ether oxygens (including phenoxy) is 2. The molecule has 0 heterocycles. The topological polar surface area (TPSA) is 115 Å². The summed E-state index contributed by atoms with van der Waals surface area (Å²) in [6.45, 7) is 0.979. The van der Waals surface area contributed by atoms with Crippen LogP contribution in [-0.2, 0) is 4.79 Å². The summed E-state index contributed by atoms with van der Waals surface area (Å²) < 4.78 is 10.6. The number of halogens is 1. The van der Waals surface area contributed by atoms with Crippen LogP contribution in [0.2, 0.25) is 5.02 Å². The summed E-state index contributed by atoms with van der Waals surface area (Å²) in [5, 5.41) is 19.6. The number of nitro groups is 1. The molecule has 0 saturated heterocycles. The predicted octanol–water partition coefficient (Wildman–Crippen LogP) is 3.77. The van der Waals surface area contributed by atoms with Gasteiger partial charge in [-0.05, 0) is 42.5 Å². The minimum atomic E-state index is -0.478. The van der Waals surface area contributed by atoms with Gasteiger partial charge in [-0.25, -0.2) is 0 Å². The summed E-state index contributed by atoms with van der Waals surface area (Å²) in [6.07, 6.45) is 0. The minimum Gasteiger partial charge on any atom is -0.494 e. The molecule has 0 saturated carbocycles. The number of anilines is 3. The number of carbonyl (C=O) groups excluding carboxylic acids is 1. The predicted molar refractivity (Wildman–Crippen MR) is 116 cm³/mol. The summed E-state index contributed by atoms with van der Waals surface area (Å²) in [5.74, 6) is 0.511. The van der Waals surface area contributed by atoms with E-state index in [1.165, 1.54) is 20.1 Å². The lowest BCUT2D eigenvalue weighted by Crippen LogP contribution is -2.19. The largest absolute Gasteiger partial charge is 0.494 e. The van der Waals surface area contributed by atoms with Gasteiger partial charge in [0.05, 0.1) is 17.8 Å². The fourth-order valence-electron chi connectivity index (χ4n) is 2.27. The molecular formula is C18H19ClN4O5S. The van der Waals surface area contributed by atoms with Crippen LogP contribution in [-0.4, -0.2) is 36.2 Å². The van der Waals surface area contributed by atoms with E-state index in [2.05, 4.69) is 16.0 Å². The number of hydrogen-bond donors (Lipinski definition) is 3. The fourth-order valence-corrected chi connectivity index (χ4v) is 2.71. The molecule has 11 heteroatoms. The highest BCUT2D eigenvalue weighted by Gasteiger charge is 2.13. The molecule has 2 rings (SSSR count). The van der Waals surface area contributed by atoms with Gasteiger partial charge in [0.25, 0.3) is 0 Å². The molecule has 0 aliphatic rings. The molecule has 0 aliphatic heterocycles. The number of hydrogen-bond acceptors (Lipinski definition) is 6. The standard InChI is InChI=1S/C18H19ClN4O5S/c1-11(24)20-12-3-5-13(6-4-12)21-18(29)22-15-9-14(19)16(10-17(15)27-2)28-8-7-23(25)26/h3-6,9-10H,7-8H2,1-2H3,(H,20,24)(H2,21,22,29). The van der Waals surface area contributed by atoms with Crippen molar-refractivity contribution in [3.8, 4) is 11.5 Å². The van der Waals surface area contributed by atoms with Gasteiger partial charge in [-0.2, -0.15) is 0 Å². The molecule has 0 unspecified atom stereocenters. The Bertz CT molecular complexity index is 908. The normalized spacial score (nSPS) is 10.0. The van der Waals surface area contributed by atoms with E-state index in [1.54, 1.807) is 30.3 Å². The van der Waals surface area contributed by atoms with E-state index in [-0.39, 0.29) is 34.9 Å². The highest BCUT2D eigenvalue weighted by molar-refractivity contribution is 7.80. The molecule has 2 aromatic carbocycles. The third kappa shape index (κ3) is 7.09. The Morgan fingerprint density at radius 2 is 1.76 bits per heavy atom. The van der Waals surface area contributed by atoms with Crippen molar-refractivity contribution in [2.45, 2.75) is 6.92 Å². The van der Waals surface area contributed by atoms with E-state index < -0.39 is 4.92 Å². The SMILES string of the molecule is COc1cc(OCC[N+](=O)[O-])c(Cl)cc1NC(=S)Nc1ccc(NC(C)=O)cc1. The number of nitrogens with one attached hydrogen (secondary N) is 3. The average Bonchev–Trinajstić information content (AvgIpc) is 2.64. The second-order valence-corrected chi connectivity index (χ2v) is 6.54. The molecule has 0 aromatic heterocycles. The maximum Gasteiger partial charge on any atom is 0.237 e. The third-order valence-corrected chi connectivity index (χ3v) is 4.00. The first kappa shape index (κ1) is 22.2. The van der Waals surface area contributed by atoms with Gasteiger partial charge < -0.3 is 25.4 Å². The maximum absolute atomic E-state index is 11.1. The van der Waals surface area contributed by atoms with Crippen LogP contribution in [0, 0.1) is 10.1 Å². The zero-order valence-electron chi connectivity index (χ0n) is 15.7. The van der Waals surface area contributed by atoms with Crippen molar-refractivity contribution in [3.05, 3.63) is 51.5 Å². The van der Waals surface area contributed by atoms with Crippen LogP contribution in [0.25, 0.3) is 0 Å². The summed E-state index contributed by atoms with van der Waals surface area (Å²) in [7, 11) is 1.46. The van der Waals surface area contributed by atoms with Crippen molar-refractivity contribution in [3.63, 3.8) is 0 Å². The van der Waals surface area contributed by atoms with Crippen molar-refractivity contribution < 1.29 is 19.2 Å². The Hall–Kier alpha value is -3.11. The molecular weight excluding hydrogens is 420 g/mol. The van der Waals surface area contributed by atoms with Crippen molar-refractivity contribution in [1.29, 1.82) is 0 Å². The third-order valence-electron chi connectivity index (χ3n) is 3.50. The van der Waals surface area contributed by atoms with E-state index in [1.807, 2.05) is 0 Å². The number of benzene rings is 2. The molecule has 1 amide bonds. The maximum atomic E-state index is 11.1. The number of thiocarbonyl (C=S) groups is 1. The van der Waals surface area contributed by atoms with Crippen molar-refractivity contribution in [1.82, 2.24) is 0 Å². The van der Waals surface area contributed by atoms with E-state index in [4.69, 9.17) is 33.3 Å². The van der Waals surface area contributed by atoms with E-state index in [9.17, 15) is 14.9 Å². The van der Waals surface area contributed by atoms with Gasteiger partial charge in [0, 0.05) is 29.3 Å². The van der Waals surface area contributed by atoms with E-state index in [0.29, 0.717) is 22.8 Å². The molecule has 0 bridgehead atoms. The molecule has 0 radical (unpaired) electrons. The summed E-state index contributed by atoms with van der Waals surface area (Å²) in [4.78, 5) is 21.0. The number of nitrogens with zero attached hydrogens (tertiary/aromatic N) is 1. The monoisotopic (exact) mass is 438 g/mol. The number of amides is 1. The summed E-state index contributed by atoms with van der Waals surface area (Å²) in [6, 6.07) is 10.1. The smallest absolute Gasteiger partial charge is 0.237 e. The molecule has 0 spiro atoms. The molecule has 0 aliphatic carbocycles. The van der Waals surface area contributed by atoms with Gasteiger partial charge in [0.2, 0.25) is 12.5 Å². The highest BCUT2D eigenvalue weighted by atomic mass is 35.5. The van der Waals surface area contributed by atoms with E-state index >= 15 is 0 Å². The van der Waals surface area contributed by atoms with Gasteiger partial charge in [-0.1, -0.05) is 11.6 Å². The fraction of sp³-hybridized carbons (Fsp3) is 0.222. The zero-order valence-corrected chi connectivity index (χ0v) is 17.2. The highest BCUT2D eigenvalue weighted by Crippen LogP contribution is 2.36. The van der Waals surface area contributed by atoms with Gasteiger partial charge in [-0.3, -0.25) is 14.9 Å². The van der Waals surface area contributed by atoms with Crippen molar-refractivity contribution in [2.24, 2.45) is 0 Å². The molecule has 3 N–H and O–H groups in total. The number of rotatable bonds is 8. The first-order valence-corrected chi connectivity index (χ1v) is 9.15. The lowest BCUT2D eigenvalue weighted by Gasteiger charge is -2.16. The second kappa shape index (κ2) is 10.4. The molecule has 0 fully saturated rings. The van der Waals surface area contributed by atoms with Gasteiger partial charge >= 0.3 is 0 Å². The van der Waals surface area contributed by atoms with Gasteiger partial charge in [-0.15, -0.1) is 0 Å². The van der Waals surface area contributed by atoms with Crippen LogP contribution in [0.3, 0.4) is 0 Å². The quantitative estimate of drug-likeness (QED) is 0.324. The molecule has 0 atom stereocenters. The summed E-state index contributed by atoms with van der Waals surface area (Å²) in [5.41, 5.74) is 1.87. The Morgan fingerprint density at radius 3 is 2.31 bits per heavy atom. The van der Waals surface area contributed by atoms with E-state index in [0.717, 1.165) is 0 Å². The molecule has 9 nitrogen and oxygen atoms in total. The van der Waals surface area contributed by atoms with Crippen LogP contribution in [0.5, 0.6) is 11.5 Å². The molecule has 154 valence electrons. The van der Waals surface area contributed by atoms with Crippen LogP contribution in [0.15, 0.2) is 36.4 Å². The first-order chi connectivity index (χ1) is 13.8. The molecule has 2 aromatic rings. The lowest BCUT2D eigenvalue weighted by atomic mass is 10.2. The van der Waals surface area contributed by atoms with Crippen molar-refractivity contribution >= 4 is 51.9 Å². The Kier molecular flexibility index (Phi) is 7.98. The zero-order chi connectivity index (χ0) is 21.4. The van der Waals surface area contributed by atoms with Gasteiger partial charge in [0.15, 0.2) is 11.7 Å². The average molecular weight is 439 g/mol. The van der Waals surface area contributed by atoms with Crippen LogP contribution < -0.4 is 25.4 Å². The Labute approximate surface area is 177 Å². The minimum absolute atomic E-state index is 0.114. The lowest BCUT2D eigenvalue weighted by molar-refractivity contribution is -0.481. The number of carbonyl (C=O) groups is 1. The first-order valence-electron chi connectivity index (χ1n) is 8.36.